The molecule has 84 valence electrons. The molecule has 0 amide bonds. The summed E-state index contributed by atoms with van der Waals surface area (Å²) in [6, 6.07) is 5.60. The predicted molar refractivity (Wildman–Crippen MR) is 70.7 cm³/mol. The lowest BCUT2D eigenvalue weighted by molar-refractivity contribution is 1.19. The first-order chi connectivity index (χ1) is 7.61. The van der Waals surface area contributed by atoms with E-state index < -0.39 is 0 Å². The fourth-order valence-electron chi connectivity index (χ4n) is 1.72. The summed E-state index contributed by atoms with van der Waals surface area (Å²) in [4.78, 5) is 4.43. The molecule has 0 aliphatic carbocycles. The summed E-state index contributed by atoms with van der Waals surface area (Å²) in [6.45, 7) is 4.85. The molecule has 0 aliphatic rings. The van der Waals surface area contributed by atoms with Crippen LogP contribution in [0.1, 0.15) is 12.6 Å². The minimum atomic E-state index is 0.588. The van der Waals surface area contributed by atoms with Crippen molar-refractivity contribution in [3.05, 3.63) is 33.9 Å². The monoisotopic (exact) mass is 254 g/mol. The molecule has 0 radical (unpaired) electrons. The highest BCUT2D eigenvalue weighted by Crippen LogP contribution is 2.31. The second kappa shape index (κ2) is 4.48. The summed E-state index contributed by atoms with van der Waals surface area (Å²) >= 11 is 12.1. The first kappa shape index (κ1) is 11.5. The highest BCUT2D eigenvalue weighted by molar-refractivity contribution is 6.38. The fourth-order valence-corrected chi connectivity index (χ4v) is 2.25. The number of hydrogen-bond acceptors (Lipinski definition) is 2. The number of aromatic nitrogens is 1. The van der Waals surface area contributed by atoms with Gasteiger partial charge in [-0.05, 0) is 32.0 Å². The van der Waals surface area contributed by atoms with Crippen LogP contribution in [0.5, 0.6) is 0 Å². The minimum Gasteiger partial charge on any atom is -0.385 e. The van der Waals surface area contributed by atoms with Crippen LogP contribution < -0.4 is 5.32 Å². The third-order valence-corrected chi connectivity index (χ3v) is 2.83. The summed E-state index contributed by atoms with van der Waals surface area (Å²) in [5.74, 6) is 0. The Morgan fingerprint density at radius 3 is 2.69 bits per heavy atom. The molecule has 4 heteroatoms. The molecule has 0 spiro atoms. The SMILES string of the molecule is CCNc1cc(C)nc2c(Cl)cc(Cl)cc12. The number of anilines is 1. The van der Waals surface area contributed by atoms with Crippen molar-refractivity contribution in [1.82, 2.24) is 4.98 Å². The molecule has 0 bridgehead atoms. The van der Waals surface area contributed by atoms with E-state index in [2.05, 4.69) is 10.3 Å². The van der Waals surface area contributed by atoms with Crippen molar-refractivity contribution >= 4 is 39.8 Å². The molecule has 1 aromatic heterocycles. The van der Waals surface area contributed by atoms with E-state index >= 15 is 0 Å². The zero-order chi connectivity index (χ0) is 11.7. The maximum absolute atomic E-state index is 6.13. The van der Waals surface area contributed by atoms with Gasteiger partial charge in [0.2, 0.25) is 0 Å². The normalized spacial score (nSPS) is 10.8. The Balaban J connectivity index is 2.78. The second-order valence-electron chi connectivity index (χ2n) is 3.63. The fraction of sp³-hybridized carbons (Fsp3) is 0.250. The molecule has 2 aromatic rings. The molecule has 2 rings (SSSR count). The molecule has 0 saturated carbocycles. The highest BCUT2D eigenvalue weighted by atomic mass is 35.5. The highest BCUT2D eigenvalue weighted by Gasteiger charge is 2.08. The molecule has 16 heavy (non-hydrogen) atoms. The van der Waals surface area contributed by atoms with Gasteiger partial charge in [0, 0.05) is 28.3 Å². The Labute approximate surface area is 105 Å². The molecule has 1 heterocycles. The molecule has 1 N–H and O–H groups in total. The van der Waals surface area contributed by atoms with Gasteiger partial charge < -0.3 is 5.32 Å². The van der Waals surface area contributed by atoms with Gasteiger partial charge in [0.25, 0.3) is 0 Å². The Kier molecular flexibility index (Phi) is 3.22. The number of rotatable bonds is 2. The van der Waals surface area contributed by atoms with Gasteiger partial charge in [-0.2, -0.15) is 0 Å². The van der Waals surface area contributed by atoms with Crippen LogP contribution in [0.3, 0.4) is 0 Å². The summed E-state index contributed by atoms with van der Waals surface area (Å²) in [5.41, 5.74) is 2.75. The summed E-state index contributed by atoms with van der Waals surface area (Å²) in [7, 11) is 0. The van der Waals surface area contributed by atoms with Gasteiger partial charge >= 0.3 is 0 Å². The van der Waals surface area contributed by atoms with E-state index in [-0.39, 0.29) is 0 Å². The summed E-state index contributed by atoms with van der Waals surface area (Å²) in [5, 5.41) is 5.47. The number of nitrogens with zero attached hydrogens (tertiary/aromatic N) is 1. The van der Waals surface area contributed by atoms with Crippen molar-refractivity contribution in [2.75, 3.05) is 11.9 Å². The number of nitrogens with one attached hydrogen (secondary N) is 1. The van der Waals surface area contributed by atoms with Gasteiger partial charge in [-0.25, -0.2) is 0 Å². The van der Waals surface area contributed by atoms with Gasteiger partial charge in [-0.3, -0.25) is 4.98 Å². The number of halogens is 2. The quantitative estimate of drug-likeness (QED) is 0.866. The second-order valence-corrected chi connectivity index (χ2v) is 4.47. The first-order valence-corrected chi connectivity index (χ1v) is 5.87. The average Bonchev–Trinajstić information content (AvgIpc) is 2.20. The van der Waals surface area contributed by atoms with Crippen LogP contribution >= 0.6 is 23.2 Å². The van der Waals surface area contributed by atoms with Crippen LogP contribution in [0.2, 0.25) is 10.0 Å². The smallest absolute Gasteiger partial charge is 0.0913 e. The van der Waals surface area contributed by atoms with E-state index in [4.69, 9.17) is 23.2 Å². The minimum absolute atomic E-state index is 0.588. The average molecular weight is 255 g/mol. The van der Waals surface area contributed by atoms with Crippen LogP contribution in [-0.2, 0) is 0 Å². The zero-order valence-electron chi connectivity index (χ0n) is 9.14. The predicted octanol–water partition coefficient (Wildman–Crippen LogP) is 4.28. The first-order valence-electron chi connectivity index (χ1n) is 5.12. The molecule has 0 unspecified atom stereocenters. The Bertz CT molecular complexity index is 538. The van der Waals surface area contributed by atoms with Crippen LogP contribution in [0.4, 0.5) is 5.69 Å². The van der Waals surface area contributed by atoms with Crippen molar-refractivity contribution in [2.45, 2.75) is 13.8 Å². The number of hydrogen-bond donors (Lipinski definition) is 1. The summed E-state index contributed by atoms with van der Waals surface area (Å²) in [6.07, 6.45) is 0. The molecule has 2 nitrogen and oxygen atoms in total. The molecular formula is C12H12Cl2N2. The van der Waals surface area contributed by atoms with Crippen LogP contribution in [0.25, 0.3) is 10.9 Å². The standard InChI is InChI=1S/C12H12Cl2N2/c1-3-15-11-4-7(2)16-12-9(11)5-8(13)6-10(12)14/h4-6H,3H2,1-2H3,(H,15,16). The Hall–Kier alpha value is -0.990. The topological polar surface area (TPSA) is 24.9 Å². The molecule has 0 saturated heterocycles. The van der Waals surface area contributed by atoms with Crippen molar-refractivity contribution < 1.29 is 0 Å². The largest absolute Gasteiger partial charge is 0.385 e. The van der Waals surface area contributed by atoms with E-state index in [1.807, 2.05) is 26.0 Å². The van der Waals surface area contributed by atoms with Gasteiger partial charge in [0.1, 0.15) is 0 Å². The van der Waals surface area contributed by atoms with E-state index in [9.17, 15) is 0 Å². The van der Waals surface area contributed by atoms with E-state index in [1.165, 1.54) is 0 Å². The van der Waals surface area contributed by atoms with Crippen LogP contribution in [0, 0.1) is 6.92 Å². The lowest BCUT2D eigenvalue weighted by Gasteiger charge is -2.10. The van der Waals surface area contributed by atoms with Crippen LogP contribution in [-0.4, -0.2) is 11.5 Å². The number of benzene rings is 1. The lowest BCUT2D eigenvalue weighted by Crippen LogP contribution is -1.99. The number of fused-ring (bicyclic) bond motifs is 1. The van der Waals surface area contributed by atoms with Crippen molar-refractivity contribution in [1.29, 1.82) is 0 Å². The maximum Gasteiger partial charge on any atom is 0.0913 e. The Morgan fingerprint density at radius 2 is 2.00 bits per heavy atom. The third kappa shape index (κ3) is 2.08. The maximum atomic E-state index is 6.13. The molecular weight excluding hydrogens is 243 g/mol. The van der Waals surface area contributed by atoms with Crippen molar-refractivity contribution in [2.24, 2.45) is 0 Å². The molecule has 0 fully saturated rings. The number of aryl methyl sites for hydroxylation is 1. The van der Waals surface area contributed by atoms with Crippen molar-refractivity contribution in [3.63, 3.8) is 0 Å². The van der Waals surface area contributed by atoms with Gasteiger partial charge in [-0.1, -0.05) is 23.2 Å². The molecule has 0 aliphatic heterocycles. The van der Waals surface area contributed by atoms with Gasteiger partial charge in [-0.15, -0.1) is 0 Å². The van der Waals surface area contributed by atoms with Gasteiger partial charge in [0.15, 0.2) is 0 Å². The van der Waals surface area contributed by atoms with E-state index in [0.717, 1.165) is 28.8 Å². The van der Waals surface area contributed by atoms with E-state index in [0.29, 0.717) is 10.0 Å². The van der Waals surface area contributed by atoms with Gasteiger partial charge in [0.05, 0.1) is 10.5 Å². The van der Waals surface area contributed by atoms with Crippen molar-refractivity contribution in [3.8, 4) is 0 Å². The van der Waals surface area contributed by atoms with Crippen LogP contribution in [0.15, 0.2) is 18.2 Å². The Morgan fingerprint density at radius 1 is 1.25 bits per heavy atom. The number of pyridine rings is 1. The molecule has 0 atom stereocenters. The summed E-state index contributed by atoms with van der Waals surface area (Å²) < 4.78 is 0. The zero-order valence-corrected chi connectivity index (χ0v) is 10.7. The lowest BCUT2D eigenvalue weighted by atomic mass is 10.1. The van der Waals surface area contributed by atoms with E-state index in [1.54, 1.807) is 6.07 Å². The molecule has 1 aromatic carbocycles. The third-order valence-electron chi connectivity index (χ3n) is 2.33.